The highest BCUT2D eigenvalue weighted by Crippen LogP contribution is 2.29. The van der Waals surface area contributed by atoms with Crippen molar-refractivity contribution in [2.24, 2.45) is 0 Å². The summed E-state index contributed by atoms with van der Waals surface area (Å²) in [4.78, 5) is 8.51. The SMILES string of the molecule is COc1cccc2c(NCc3ccsc3)nc(Cl)nc12. The fourth-order valence-electron chi connectivity index (χ4n) is 1.98. The van der Waals surface area contributed by atoms with Gasteiger partial charge in [0.2, 0.25) is 5.28 Å². The molecule has 3 aromatic rings. The number of ether oxygens (including phenoxy) is 1. The molecule has 0 spiro atoms. The minimum atomic E-state index is 0.204. The van der Waals surface area contributed by atoms with Crippen LogP contribution < -0.4 is 10.1 Å². The van der Waals surface area contributed by atoms with E-state index in [9.17, 15) is 0 Å². The quantitative estimate of drug-likeness (QED) is 0.741. The van der Waals surface area contributed by atoms with Gasteiger partial charge in [-0.1, -0.05) is 6.07 Å². The lowest BCUT2D eigenvalue weighted by Crippen LogP contribution is -2.03. The smallest absolute Gasteiger partial charge is 0.225 e. The van der Waals surface area contributed by atoms with Gasteiger partial charge < -0.3 is 10.1 Å². The Bertz CT molecular complexity index is 731. The summed E-state index contributed by atoms with van der Waals surface area (Å²) in [5.74, 6) is 1.40. The van der Waals surface area contributed by atoms with Crippen LogP contribution in [0.15, 0.2) is 35.0 Å². The predicted octanol–water partition coefficient (Wildman–Crippen LogP) is 3.97. The first-order valence-corrected chi connectivity index (χ1v) is 7.35. The van der Waals surface area contributed by atoms with Crippen molar-refractivity contribution < 1.29 is 4.74 Å². The number of hydrogen-bond donors (Lipinski definition) is 1. The Kier molecular flexibility index (Phi) is 3.71. The minimum Gasteiger partial charge on any atom is -0.494 e. The van der Waals surface area contributed by atoms with Crippen molar-refractivity contribution in [3.05, 3.63) is 45.9 Å². The molecule has 0 atom stereocenters. The zero-order chi connectivity index (χ0) is 13.9. The average molecular weight is 306 g/mol. The van der Waals surface area contributed by atoms with Crippen LogP contribution in [0.5, 0.6) is 5.75 Å². The molecule has 2 aromatic heterocycles. The van der Waals surface area contributed by atoms with Gasteiger partial charge in [0.15, 0.2) is 0 Å². The molecule has 0 fully saturated rings. The number of hydrogen-bond acceptors (Lipinski definition) is 5. The number of thiophene rings is 1. The Morgan fingerprint density at radius 2 is 2.20 bits per heavy atom. The zero-order valence-corrected chi connectivity index (χ0v) is 12.3. The summed E-state index contributed by atoms with van der Waals surface area (Å²) in [6.07, 6.45) is 0. The summed E-state index contributed by atoms with van der Waals surface area (Å²) < 4.78 is 5.31. The molecule has 20 heavy (non-hydrogen) atoms. The molecule has 4 nitrogen and oxygen atoms in total. The summed E-state index contributed by atoms with van der Waals surface area (Å²) in [6, 6.07) is 7.79. The number of para-hydroxylation sites is 1. The lowest BCUT2D eigenvalue weighted by Gasteiger charge is -2.10. The summed E-state index contributed by atoms with van der Waals surface area (Å²) >= 11 is 7.67. The van der Waals surface area contributed by atoms with Crippen LogP contribution in [0.1, 0.15) is 5.56 Å². The molecule has 2 heterocycles. The molecular weight excluding hydrogens is 294 g/mol. The number of benzene rings is 1. The van der Waals surface area contributed by atoms with Gasteiger partial charge in [-0.05, 0) is 46.1 Å². The third-order valence-corrected chi connectivity index (χ3v) is 3.82. The van der Waals surface area contributed by atoms with Gasteiger partial charge >= 0.3 is 0 Å². The first kappa shape index (κ1) is 13.1. The third-order valence-electron chi connectivity index (χ3n) is 2.92. The van der Waals surface area contributed by atoms with E-state index in [0.29, 0.717) is 23.6 Å². The highest BCUT2D eigenvalue weighted by atomic mass is 35.5. The Morgan fingerprint density at radius 1 is 1.30 bits per heavy atom. The molecule has 1 aromatic carbocycles. The molecule has 102 valence electrons. The molecule has 0 amide bonds. The fraction of sp³-hybridized carbons (Fsp3) is 0.143. The summed E-state index contributed by atoms with van der Waals surface area (Å²) in [6.45, 7) is 0.698. The van der Waals surface area contributed by atoms with E-state index in [-0.39, 0.29) is 5.28 Å². The first-order chi connectivity index (χ1) is 9.78. The molecule has 0 aliphatic rings. The molecule has 0 bridgehead atoms. The maximum atomic E-state index is 6.00. The number of methoxy groups -OCH3 is 1. The maximum absolute atomic E-state index is 6.00. The zero-order valence-electron chi connectivity index (χ0n) is 10.8. The second-order valence-corrected chi connectivity index (χ2v) is 5.30. The Morgan fingerprint density at radius 3 is 2.95 bits per heavy atom. The molecular formula is C14H12ClN3OS. The lowest BCUT2D eigenvalue weighted by atomic mass is 10.2. The van der Waals surface area contributed by atoms with Crippen LogP contribution >= 0.6 is 22.9 Å². The number of aromatic nitrogens is 2. The number of rotatable bonds is 4. The predicted molar refractivity (Wildman–Crippen MR) is 82.7 cm³/mol. The standard InChI is InChI=1S/C14H12ClN3OS/c1-19-11-4-2-3-10-12(11)17-14(15)18-13(10)16-7-9-5-6-20-8-9/h2-6,8H,7H2,1H3,(H,16,17,18). The first-order valence-electron chi connectivity index (χ1n) is 6.03. The molecule has 3 rings (SSSR count). The average Bonchev–Trinajstić information content (AvgIpc) is 2.97. The molecule has 0 unspecified atom stereocenters. The minimum absolute atomic E-state index is 0.204. The largest absolute Gasteiger partial charge is 0.494 e. The normalized spacial score (nSPS) is 10.7. The van der Waals surface area contributed by atoms with Crippen molar-refractivity contribution in [1.82, 2.24) is 9.97 Å². The summed E-state index contributed by atoms with van der Waals surface area (Å²) in [5, 5.41) is 8.54. The second kappa shape index (κ2) is 5.64. The summed E-state index contributed by atoms with van der Waals surface area (Å²) in [7, 11) is 1.61. The second-order valence-electron chi connectivity index (χ2n) is 4.18. The van der Waals surface area contributed by atoms with E-state index in [1.54, 1.807) is 18.4 Å². The van der Waals surface area contributed by atoms with E-state index >= 15 is 0 Å². The van der Waals surface area contributed by atoms with Gasteiger partial charge in [0, 0.05) is 11.9 Å². The van der Waals surface area contributed by atoms with Gasteiger partial charge in [-0.3, -0.25) is 0 Å². The van der Waals surface area contributed by atoms with Gasteiger partial charge in [-0.15, -0.1) is 0 Å². The molecule has 0 radical (unpaired) electrons. The van der Waals surface area contributed by atoms with E-state index in [0.717, 1.165) is 5.39 Å². The van der Waals surface area contributed by atoms with Gasteiger partial charge in [0.05, 0.1) is 7.11 Å². The van der Waals surface area contributed by atoms with Gasteiger partial charge in [0.1, 0.15) is 17.1 Å². The van der Waals surface area contributed by atoms with Crippen LogP contribution in [-0.2, 0) is 6.54 Å². The fourth-order valence-corrected chi connectivity index (χ4v) is 2.81. The van der Waals surface area contributed by atoms with E-state index < -0.39 is 0 Å². The van der Waals surface area contributed by atoms with Crippen molar-refractivity contribution >= 4 is 39.7 Å². The summed E-state index contributed by atoms with van der Waals surface area (Å²) in [5.41, 5.74) is 1.92. The van der Waals surface area contributed by atoms with Gasteiger partial charge in [0.25, 0.3) is 0 Å². The van der Waals surface area contributed by atoms with Crippen molar-refractivity contribution in [1.29, 1.82) is 0 Å². The van der Waals surface area contributed by atoms with Crippen LogP contribution in [0.25, 0.3) is 10.9 Å². The van der Waals surface area contributed by atoms with E-state index in [1.165, 1.54) is 5.56 Å². The molecule has 0 saturated heterocycles. The van der Waals surface area contributed by atoms with Crippen molar-refractivity contribution in [2.75, 3.05) is 12.4 Å². The number of nitrogens with zero attached hydrogens (tertiary/aromatic N) is 2. The number of halogens is 1. The highest BCUT2D eigenvalue weighted by Gasteiger charge is 2.10. The topological polar surface area (TPSA) is 47.0 Å². The molecule has 1 N–H and O–H groups in total. The van der Waals surface area contributed by atoms with Crippen LogP contribution in [0.4, 0.5) is 5.82 Å². The highest BCUT2D eigenvalue weighted by molar-refractivity contribution is 7.07. The van der Waals surface area contributed by atoms with E-state index in [4.69, 9.17) is 16.3 Å². The van der Waals surface area contributed by atoms with E-state index in [1.807, 2.05) is 23.6 Å². The van der Waals surface area contributed by atoms with Crippen LogP contribution in [-0.4, -0.2) is 17.1 Å². The van der Waals surface area contributed by atoms with Gasteiger partial charge in [-0.2, -0.15) is 11.3 Å². The van der Waals surface area contributed by atoms with Crippen LogP contribution in [0, 0.1) is 0 Å². The van der Waals surface area contributed by atoms with Crippen molar-refractivity contribution in [2.45, 2.75) is 6.54 Å². The maximum Gasteiger partial charge on any atom is 0.225 e. The third kappa shape index (κ3) is 2.55. The van der Waals surface area contributed by atoms with Crippen molar-refractivity contribution in [3.8, 4) is 5.75 Å². The van der Waals surface area contributed by atoms with E-state index in [2.05, 4.69) is 26.7 Å². The van der Waals surface area contributed by atoms with Crippen molar-refractivity contribution in [3.63, 3.8) is 0 Å². The Labute approximate surface area is 125 Å². The lowest BCUT2D eigenvalue weighted by molar-refractivity contribution is 0.419. The number of nitrogens with one attached hydrogen (secondary N) is 1. The number of fused-ring (bicyclic) bond motifs is 1. The molecule has 0 aliphatic carbocycles. The van der Waals surface area contributed by atoms with Gasteiger partial charge in [-0.25, -0.2) is 9.97 Å². The Balaban J connectivity index is 2.01. The van der Waals surface area contributed by atoms with Crippen LogP contribution in [0.2, 0.25) is 5.28 Å². The Hall–Kier alpha value is -1.85. The number of anilines is 1. The molecule has 6 heteroatoms. The molecule has 0 aliphatic heterocycles. The monoisotopic (exact) mass is 305 g/mol. The molecule has 0 saturated carbocycles. The van der Waals surface area contributed by atoms with Crippen LogP contribution in [0.3, 0.4) is 0 Å².